The van der Waals surface area contributed by atoms with Crippen molar-refractivity contribution in [2.75, 3.05) is 0 Å². The van der Waals surface area contributed by atoms with E-state index in [0.717, 1.165) is 12.2 Å². The lowest BCUT2D eigenvalue weighted by Gasteiger charge is -2.19. The molecule has 2 heteroatoms. The summed E-state index contributed by atoms with van der Waals surface area (Å²) in [6, 6.07) is 9.30. The van der Waals surface area contributed by atoms with Gasteiger partial charge >= 0.3 is 0 Å². The Labute approximate surface area is 121 Å². The van der Waals surface area contributed by atoms with Gasteiger partial charge in [0.25, 0.3) is 0 Å². The van der Waals surface area contributed by atoms with Crippen molar-refractivity contribution < 1.29 is 0 Å². The van der Waals surface area contributed by atoms with E-state index in [2.05, 4.69) is 38.1 Å². The Kier molecular flexibility index (Phi) is 5.34. The van der Waals surface area contributed by atoms with Gasteiger partial charge in [-0.1, -0.05) is 48.6 Å². The molecule has 1 aromatic rings. The van der Waals surface area contributed by atoms with Gasteiger partial charge in [0, 0.05) is 11.0 Å². The molecule has 1 aliphatic rings. The molecule has 0 bridgehead atoms. The maximum atomic E-state index is 9.31. The van der Waals surface area contributed by atoms with Crippen molar-refractivity contribution in [2.24, 2.45) is 5.92 Å². The lowest BCUT2D eigenvalue weighted by molar-refractivity contribution is 0.585. The summed E-state index contributed by atoms with van der Waals surface area (Å²) in [7, 11) is 0. The summed E-state index contributed by atoms with van der Waals surface area (Å²) in [6.45, 7) is 4.32. The molecule has 0 aromatic heterocycles. The van der Waals surface area contributed by atoms with Gasteiger partial charge in [0.1, 0.15) is 0 Å². The molecule has 0 amide bonds. The Balaban J connectivity index is 1.98. The molecule has 1 aliphatic carbocycles. The van der Waals surface area contributed by atoms with Crippen LogP contribution in [-0.4, -0.2) is 5.25 Å². The molecule has 1 saturated carbocycles. The second kappa shape index (κ2) is 7.01. The molecule has 102 valence electrons. The fourth-order valence-corrected chi connectivity index (χ4v) is 4.31. The van der Waals surface area contributed by atoms with Crippen molar-refractivity contribution in [3.63, 3.8) is 0 Å². The molecule has 0 N–H and O–H groups in total. The normalized spacial score (nSPS) is 23.6. The monoisotopic (exact) mass is 273 g/mol. The second-order valence-electron chi connectivity index (χ2n) is 5.72. The molecule has 1 fully saturated rings. The molecule has 0 spiro atoms. The highest BCUT2D eigenvalue weighted by molar-refractivity contribution is 7.99. The van der Waals surface area contributed by atoms with E-state index in [1.165, 1.54) is 42.4 Å². The molecule has 0 saturated heterocycles. The molecule has 2 rings (SSSR count). The molecule has 0 radical (unpaired) electrons. The van der Waals surface area contributed by atoms with Crippen LogP contribution < -0.4 is 0 Å². The predicted molar refractivity (Wildman–Crippen MR) is 83.2 cm³/mol. The molecule has 1 aromatic carbocycles. The molecule has 2 atom stereocenters. The zero-order valence-electron chi connectivity index (χ0n) is 12.0. The number of rotatable bonds is 3. The predicted octanol–water partition coefficient (Wildman–Crippen LogP) is 5.01. The van der Waals surface area contributed by atoms with E-state index in [1.54, 1.807) is 0 Å². The minimum absolute atomic E-state index is 0.262. The number of thioether (sulfide) groups is 1. The van der Waals surface area contributed by atoms with Gasteiger partial charge in [-0.2, -0.15) is 17.0 Å². The lowest BCUT2D eigenvalue weighted by atomic mass is 10.0. The van der Waals surface area contributed by atoms with Crippen LogP contribution in [0.15, 0.2) is 18.2 Å². The van der Waals surface area contributed by atoms with Crippen molar-refractivity contribution in [3.8, 4) is 6.07 Å². The summed E-state index contributed by atoms with van der Waals surface area (Å²) in [4.78, 5) is 0. The van der Waals surface area contributed by atoms with Gasteiger partial charge < -0.3 is 0 Å². The van der Waals surface area contributed by atoms with Gasteiger partial charge in [-0.25, -0.2) is 0 Å². The first kappa shape index (κ1) is 14.5. The largest absolute Gasteiger partial charge is 0.198 e. The number of nitriles is 1. The standard InChI is InChI=1S/C17H23NS/c1-13-8-14(2)10-15(9-13)12-19-17-7-5-3-4-6-16(17)11-18/h8-10,16-17H,3-7,12H2,1-2H3. The molecule has 1 nitrogen and oxygen atoms in total. The van der Waals surface area contributed by atoms with Crippen LogP contribution in [0.4, 0.5) is 0 Å². The van der Waals surface area contributed by atoms with Gasteiger partial charge in [-0.15, -0.1) is 0 Å². The van der Waals surface area contributed by atoms with Crippen molar-refractivity contribution in [1.29, 1.82) is 5.26 Å². The third-order valence-electron chi connectivity index (χ3n) is 3.86. The highest BCUT2D eigenvalue weighted by Gasteiger charge is 2.23. The van der Waals surface area contributed by atoms with E-state index >= 15 is 0 Å². The summed E-state index contributed by atoms with van der Waals surface area (Å²) in [5.41, 5.74) is 4.09. The first-order chi connectivity index (χ1) is 9.19. The average Bonchev–Trinajstić information content (AvgIpc) is 2.59. The zero-order valence-corrected chi connectivity index (χ0v) is 12.8. The summed E-state index contributed by atoms with van der Waals surface area (Å²) < 4.78 is 0. The Morgan fingerprint density at radius 3 is 2.47 bits per heavy atom. The summed E-state index contributed by atoms with van der Waals surface area (Å²) in [5.74, 6) is 1.31. The van der Waals surface area contributed by atoms with Gasteiger partial charge in [0.2, 0.25) is 0 Å². The number of hydrogen-bond acceptors (Lipinski definition) is 2. The minimum atomic E-state index is 0.262. The van der Waals surface area contributed by atoms with Crippen LogP contribution in [0.2, 0.25) is 0 Å². The summed E-state index contributed by atoms with van der Waals surface area (Å²) in [5, 5.41) is 9.84. The number of benzene rings is 1. The number of hydrogen-bond donors (Lipinski definition) is 0. The maximum absolute atomic E-state index is 9.31. The Morgan fingerprint density at radius 2 is 1.79 bits per heavy atom. The van der Waals surface area contributed by atoms with E-state index in [0.29, 0.717) is 5.25 Å². The quantitative estimate of drug-likeness (QED) is 0.723. The first-order valence-corrected chi connectivity index (χ1v) is 8.32. The fraction of sp³-hybridized carbons (Fsp3) is 0.588. The van der Waals surface area contributed by atoms with Gasteiger partial charge in [-0.3, -0.25) is 0 Å². The first-order valence-electron chi connectivity index (χ1n) is 7.27. The van der Waals surface area contributed by atoms with Crippen LogP contribution >= 0.6 is 11.8 Å². The second-order valence-corrected chi connectivity index (χ2v) is 6.95. The van der Waals surface area contributed by atoms with Crippen LogP contribution in [-0.2, 0) is 5.75 Å². The topological polar surface area (TPSA) is 23.8 Å². The molecule has 0 aliphatic heterocycles. The third kappa shape index (κ3) is 4.28. The van der Waals surface area contributed by atoms with Crippen LogP contribution in [0, 0.1) is 31.1 Å². The Morgan fingerprint density at radius 1 is 1.11 bits per heavy atom. The minimum Gasteiger partial charge on any atom is -0.198 e. The summed E-state index contributed by atoms with van der Waals surface area (Å²) in [6.07, 6.45) is 6.15. The zero-order chi connectivity index (χ0) is 13.7. The maximum Gasteiger partial charge on any atom is 0.0667 e. The van der Waals surface area contributed by atoms with Gasteiger partial charge in [-0.05, 0) is 32.3 Å². The fourth-order valence-electron chi connectivity index (χ4n) is 2.98. The lowest BCUT2D eigenvalue weighted by Crippen LogP contribution is -2.14. The average molecular weight is 273 g/mol. The number of nitrogens with zero attached hydrogens (tertiary/aromatic N) is 1. The summed E-state index contributed by atoms with van der Waals surface area (Å²) >= 11 is 1.99. The van der Waals surface area contributed by atoms with Crippen LogP contribution in [0.25, 0.3) is 0 Å². The van der Waals surface area contributed by atoms with Crippen molar-refractivity contribution in [1.82, 2.24) is 0 Å². The van der Waals surface area contributed by atoms with E-state index < -0.39 is 0 Å². The number of aryl methyl sites for hydroxylation is 2. The van der Waals surface area contributed by atoms with Gasteiger partial charge in [0.15, 0.2) is 0 Å². The van der Waals surface area contributed by atoms with E-state index in [-0.39, 0.29) is 5.92 Å². The van der Waals surface area contributed by atoms with E-state index in [9.17, 15) is 5.26 Å². The highest BCUT2D eigenvalue weighted by Crippen LogP contribution is 2.34. The SMILES string of the molecule is Cc1cc(C)cc(CSC2CCCCCC2C#N)c1. The Bertz CT molecular complexity index is 441. The Hall–Kier alpha value is -0.940. The molecule has 0 heterocycles. The van der Waals surface area contributed by atoms with E-state index in [1.807, 2.05) is 11.8 Å². The smallest absolute Gasteiger partial charge is 0.0667 e. The van der Waals surface area contributed by atoms with Crippen LogP contribution in [0.3, 0.4) is 0 Å². The highest BCUT2D eigenvalue weighted by atomic mass is 32.2. The molecule has 2 unspecified atom stereocenters. The van der Waals surface area contributed by atoms with Crippen LogP contribution in [0.1, 0.15) is 48.8 Å². The van der Waals surface area contributed by atoms with Crippen LogP contribution in [0.5, 0.6) is 0 Å². The van der Waals surface area contributed by atoms with Gasteiger partial charge in [0.05, 0.1) is 12.0 Å². The van der Waals surface area contributed by atoms with Crippen molar-refractivity contribution >= 4 is 11.8 Å². The molecular weight excluding hydrogens is 250 g/mol. The van der Waals surface area contributed by atoms with E-state index in [4.69, 9.17) is 0 Å². The molecular formula is C17H23NS. The third-order valence-corrected chi connectivity index (χ3v) is 5.36. The van der Waals surface area contributed by atoms with Crippen molar-refractivity contribution in [3.05, 3.63) is 34.9 Å². The molecule has 19 heavy (non-hydrogen) atoms. The van der Waals surface area contributed by atoms with Crippen molar-refractivity contribution in [2.45, 2.75) is 57.0 Å².